The summed E-state index contributed by atoms with van der Waals surface area (Å²) in [5, 5.41) is 9.78. The molecule has 0 atom stereocenters. The minimum absolute atomic E-state index is 0.121. The maximum absolute atomic E-state index is 12.9. The summed E-state index contributed by atoms with van der Waals surface area (Å²) in [6.45, 7) is 0. The number of aromatic hydroxyl groups is 1. The lowest BCUT2D eigenvalue weighted by atomic mass is 10.1. The fourth-order valence-electron chi connectivity index (χ4n) is 1.78. The lowest BCUT2D eigenvalue weighted by Gasteiger charge is -2.18. The van der Waals surface area contributed by atoms with Crippen molar-refractivity contribution in [2.45, 2.75) is 0 Å². The molecule has 0 saturated heterocycles. The highest BCUT2D eigenvalue weighted by molar-refractivity contribution is 6.07. The van der Waals surface area contributed by atoms with Crippen molar-refractivity contribution in [2.24, 2.45) is 0 Å². The molecule has 1 N–H and O–H groups in total. The molecule has 0 spiro atoms. The fraction of sp³-hybridized carbons (Fsp3) is 0.133. The van der Waals surface area contributed by atoms with E-state index in [9.17, 15) is 14.3 Å². The summed E-state index contributed by atoms with van der Waals surface area (Å²) in [7, 11) is 3.03. The van der Waals surface area contributed by atoms with Crippen molar-refractivity contribution in [2.75, 3.05) is 19.1 Å². The maximum atomic E-state index is 12.9. The van der Waals surface area contributed by atoms with E-state index in [1.54, 1.807) is 13.1 Å². The number of ether oxygens (including phenoxy) is 1. The second-order valence-electron chi connectivity index (χ2n) is 4.22. The van der Waals surface area contributed by atoms with Crippen LogP contribution in [0.4, 0.5) is 10.1 Å². The van der Waals surface area contributed by atoms with Crippen LogP contribution >= 0.6 is 0 Å². The Kier molecular flexibility index (Phi) is 3.89. The molecule has 0 aliphatic rings. The van der Waals surface area contributed by atoms with E-state index < -0.39 is 5.91 Å². The molecule has 0 radical (unpaired) electrons. The van der Waals surface area contributed by atoms with E-state index >= 15 is 0 Å². The number of nitrogens with zero attached hydrogens (tertiary/aromatic N) is 1. The number of rotatable bonds is 3. The van der Waals surface area contributed by atoms with E-state index in [0.29, 0.717) is 11.4 Å². The topological polar surface area (TPSA) is 49.8 Å². The number of anilines is 1. The molecule has 0 bridgehead atoms. The van der Waals surface area contributed by atoms with E-state index in [1.165, 1.54) is 48.4 Å². The normalized spacial score (nSPS) is 10.2. The van der Waals surface area contributed by atoms with Crippen LogP contribution in [0.15, 0.2) is 42.5 Å². The molecule has 0 aromatic heterocycles. The predicted octanol–water partition coefficient (Wildman–Crippen LogP) is 2.82. The number of carbonyl (C=O) groups excluding carboxylic acids is 1. The van der Waals surface area contributed by atoms with E-state index in [1.807, 2.05) is 0 Å². The zero-order valence-electron chi connectivity index (χ0n) is 11.1. The third-order valence-corrected chi connectivity index (χ3v) is 2.95. The Morgan fingerprint density at radius 1 is 1.20 bits per heavy atom. The van der Waals surface area contributed by atoms with Gasteiger partial charge >= 0.3 is 0 Å². The number of hydrogen-bond donors (Lipinski definition) is 1. The smallest absolute Gasteiger partial charge is 0.261 e. The van der Waals surface area contributed by atoms with Gasteiger partial charge in [-0.15, -0.1) is 0 Å². The molecule has 5 heteroatoms. The third-order valence-electron chi connectivity index (χ3n) is 2.95. The highest BCUT2D eigenvalue weighted by Gasteiger charge is 2.18. The molecule has 0 saturated carbocycles. The van der Waals surface area contributed by atoms with E-state index in [4.69, 9.17) is 4.74 Å². The first-order chi connectivity index (χ1) is 9.52. The van der Waals surface area contributed by atoms with Crippen molar-refractivity contribution < 1.29 is 19.0 Å². The van der Waals surface area contributed by atoms with Gasteiger partial charge in [0.05, 0.1) is 12.7 Å². The summed E-state index contributed by atoms with van der Waals surface area (Å²) in [5.74, 6) is -0.449. The second-order valence-corrected chi connectivity index (χ2v) is 4.22. The number of halogens is 1. The Bertz CT molecular complexity index is 626. The number of methoxy groups -OCH3 is 1. The quantitative estimate of drug-likeness (QED) is 0.937. The van der Waals surface area contributed by atoms with Crippen LogP contribution in [0.25, 0.3) is 0 Å². The molecule has 0 heterocycles. The summed E-state index contributed by atoms with van der Waals surface area (Å²) >= 11 is 0. The van der Waals surface area contributed by atoms with Gasteiger partial charge in [0.1, 0.15) is 17.3 Å². The first kappa shape index (κ1) is 13.9. The number of hydrogen-bond acceptors (Lipinski definition) is 3. The standard InChI is InChI=1S/C15H14FNO3/c1-17(11-5-3-10(16)4-6-11)15(19)13-9-12(20-2)7-8-14(13)18/h3-9,18H,1-2H3. The Morgan fingerprint density at radius 3 is 2.45 bits per heavy atom. The van der Waals surface area contributed by atoms with Crippen LogP contribution in [0.2, 0.25) is 0 Å². The Morgan fingerprint density at radius 2 is 1.85 bits per heavy atom. The van der Waals surface area contributed by atoms with Crippen molar-refractivity contribution >= 4 is 11.6 Å². The van der Waals surface area contributed by atoms with Crippen LogP contribution in [0.1, 0.15) is 10.4 Å². The first-order valence-electron chi connectivity index (χ1n) is 5.93. The Labute approximate surface area is 116 Å². The number of carbonyl (C=O) groups is 1. The van der Waals surface area contributed by atoms with Crippen molar-refractivity contribution in [3.05, 3.63) is 53.8 Å². The van der Waals surface area contributed by atoms with Crippen molar-refractivity contribution in [3.63, 3.8) is 0 Å². The highest BCUT2D eigenvalue weighted by atomic mass is 19.1. The molecule has 104 valence electrons. The highest BCUT2D eigenvalue weighted by Crippen LogP contribution is 2.25. The van der Waals surface area contributed by atoms with Gasteiger partial charge in [-0.2, -0.15) is 0 Å². The second kappa shape index (κ2) is 5.61. The number of benzene rings is 2. The average Bonchev–Trinajstić information content (AvgIpc) is 2.47. The summed E-state index contributed by atoms with van der Waals surface area (Å²) < 4.78 is 17.9. The van der Waals surface area contributed by atoms with Gasteiger partial charge in [-0.05, 0) is 42.5 Å². The molecule has 20 heavy (non-hydrogen) atoms. The molecule has 0 aliphatic carbocycles. The van der Waals surface area contributed by atoms with Crippen LogP contribution in [-0.4, -0.2) is 25.2 Å². The van der Waals surface area contributed by atoms with Gasteiger partial charge in [0.2, 0.25) is 0 Å². The Hall–Kier alpha value is -2.56. The molecule has 1 amide bonds. The molecule has 2 aromatic carbocycles. The molecule has 2 aromatic rings. The minimum atomic E-state index is -0.409. The van der Waals surface area contributed by atoms with Gasteiger partial charge in [-0.1, -0.05) is 0 Å². The van der Waals surface area contributed by atoms with Gasteiger partial charge in [0.25, 0.3) is 5.91 Å². The van der Waals surface area contributed by atoms with Gasteiger partial charge in [0.15, 0.2) is 0 Å². The monoisotopic (exact) mass is 275 g/mol. The van der Waals surface area contributed by atoms with Crippen molar-refractivity contribution in [3.8, 4) is 11.5 Å². The fourth-order valence-corrected chi connectivity index (χ4v) is 1.78. The van der Waals surface area contributed by atoms with Gasteiger partial charge in [0, 0.05) is 12.7 Å². The summed E-state index contributed by atoms with van der Waals surface area (Å²) in [6, 6.07) is 9.93. The van der Waals surface area contributed by atoms with Crippen LogP contribution in [0.3, 0.4) is 0 Å². The van der Waals surface area contributed by atoms with Crippen LogP contribution < -0.4 is 9.64 Å². The van der Waals surface area contributed by atoms with E-state index in [0.717, 1.165) is 0 Å². The van der Waals surface area contributed by atoms with Gasteiger partial charge in [-0.25, -0.2) is 4.39 Å². The average molecular weight is 275 g/mol. The lowest BCUT2D eigenvalue weighted by molar-refractivity contribution is 0.0990. The van der Waals surface area contributed by atoms with Crippen LogP contribution in [-0.2, 0) is 0 Å². The number of phenols is 1. The minimum Gasteiger partial charge on any atom is -0.507 e. The SMILES string of the molecule is COc1ccc(O)c(C(=O)N(C)c2ccc(F)cc2)c1. The molecule has 2 rings (SSSR count). The first-order valence-corrected chi connectivity index (χ1v) is 5.93. The number of phenolic OH excluding ortho intramolecular Hbond substituents is 1. The lowest BCUT2D eigenvalue weighted by Crippen LogP contribution is -2.26. The van der Waals surface area contributed by atoms with Crippen molar-refractivity contribution in [1.82, 2.24) is 0 Å². The van der Waals surface area contributed by atoms with Crippen molar-refractivity contribution in [1.29, 1.82) is 0 Å². The molecular weight excluding hydrogens is 261 g/mol. The summed E-state index contributed by atoms with van der Waals surface area (Å²) in [5.41, 5.74) is 0.648. The number of amides is 1. The summed E-state index contributed by atoms with van der Waals surface area (Å²) in [6.07, 6.45) is 0. The maximum Gasteiger partial charge on any atom is 0.261 e. The molecule has 4 nitrogen and oxygen atoms in total. The van der Waals surface area contributed by atoms with E-state index in [-0.39, 0.29) is 17.1 Å². The van der Waals surface area contributed by atoms with Crippen LogP contribution in [0.5, 0.6) is 11.5 Å². The molecule has 0 fully saturated rings. The molecule has 0 aliphatic heterocycles. The third kappa shape index (κ3) is 2.71. The predicted molar refractivity (Wildman–Crippen MR) is 73.8 cm³/mol. The molecule has 0 unspecified atom stereocenters. The van der Waals surface area contributed by atoms with Crippen LogP contribution in [0, 0.1) is 5.82 Å². The van der Waals surface area contributed by atoms with Gasteiger partial charge < -0.3 is 14.7 Å². The van der Waals surface area contributed by atoms with E-state index in [2.05, 4.69) is 0 Å². The zero-order valence-corrected chi connectivity index (χ0v) is 11.1. The van der Waals surface area contributed by atoms with Gasteiger partial charge in [-0.3, -0.25) is 4.79 Å². The summed E-state index contributed by atoms with van der Waals surface area (Å²) in [4.78, 5) is 13.7. The zero-order chi connectivity index (χ0) is 14.7. The molecular formula is C15H14FNO3. The largest absolute Gasteiger partial charge is 0.507 e. The Balaban J connectivity index is 2.33.